The molecule has 0 radical (unpaired) electrons. The van der Waals surface area contributed by atoms with Crippen LogP contribution in [0.25, 0.3) is 0 Å². The van der Waals surface area contributed by atoms with Crippen molar-refractivity contribution in [1.82, 2.24) is 9.55 Å². The molecule has 20 heavy (non-hydrogen) atoms. The number of nitrogens with zero attached hydrogens (tertiary/aromatic N) is 1. The van der Waals surface area contributed by atoms with Crippen molar-refractivity contribution >= 4 is 12.2 Å². The van der Waals surface area contributed by atoms with Crippen molar-refractivity contribution in [2.45, 2.75) is 31.0 Å². The Labute approximate surface area is 119 Å². The van der Waals surface area contributed by atoms with Gasteiger partial charge < -0.3 is 20.1 Å². The van der Waals surface area contributed by atoms with Crippen molar-refractivity contribution in [3.05, 3.63) is 39.5 Å². The number of rotatable bonds is 4. The molecule has 7 nitrogen and oxygen atoms in total. The van der Waals surface area contributed by atoms with Crippen molar-refractivity contribution in [3.63, 3.8) is 0 Å². The molecule has 2 heterocycles. The summed E-state index contributed by atoms with van der Waals surface area (Å²) >= 11 is 5.03. The van der Waals surface area contributed by atoms with Gasteiger partial charge >= 0.3 is 5.69 Å². The summed E-state index contributed by atoms with van der Waals surface area (Å²) in [5.74, 6) is 0. The van der Waals surface area contributed by atoms with Crippen LogP contribution >= 0.6 is 12.2 Å². The van der Waals surface area contributed by atoms with E-state index in [0.717, 1.165) is 4.57 Å². The molecule has 1 aromatic heterocycles. The van der Waals surface area contributed by atoms with E-state index in [2.05, 4.69) is 11.6 Å². The van der Waals surface area contributed by atoms with E-state index in [0.29, 0.717) is 12.0 Å². The first-order chi connectivity index (χ1) is 9.49. The normalized spacial score (nSPS) is 29.6. The first kappa shape index (κ1) is 15.1. The first-order valence-corrected chi connectivity index (χ1v) is 6.48. The second-order valence-electron chi connectivity index (χ2n) is 4.54. The number of nitrogens with one attached hydrogen (secondary N) is 1. The Bertz CT molecular complexity index is 611. The van der Waals surface area contributed by atoms with Gasteiger partial charge in [-0.05, 0) is 6.42 Å². The Morgan fingerprint density at radius 1 is 1.50 bits per heavy atom. The second kappa shape index (κ2) is 5.98. The van der Waals surface area contributed by atoms with Crippen LogP contribution in [0.3, 0.4) is 0 Å². The zero-order valence-electron chi connectivity index (χ0n) is 10.6. The number of hydrogen-bond acceptors (Lipinski definition) is 6. The van der Waals surface area contributed by atoms with Crippen LogP contribution in [0.5, 0.6) is 0 Å². The van der Waals surface area contributed by atoms with Crippen molar-refractivity contribution < 1.29 is 20.1 Å². The maximum absolute atomic E-state index is 11.9. The predicted octanol–water partition coefficient (Wildman–Crippen LogP) is -0.754. The predicted molar refractivity (Wildman–Crippen MR) is 72.8 cm³/mol. The molecule has 4 N–H and O–H groups in total. The molecule has 1 fully saturated rings. The molecule has 0 aromatic carbocycles. The molecule has 4 atom stereocenters. The second-order valence-corrected chi connectivity index (χ2v) is 4.95. The van der Waals surface area contributed by atoms with E-state index < -0.39 is 36.8 Å². The fourth-order valence-electron chi connectivity index (χ4n) is 2.13. The number of aliphatic hydroxyl groups excluding tert-OH is 3. The number of allylic oxidation sites excluding steroid dienone is 1. The summed E-state index contributed by atoms with van der Waals surface area (Å²) in [5.41, 5.74) is 0.0880. The zero-order valence-corrected chi connectivity index (χ0v) is 11.4. The molecule has 1 aliphatic heterocycles. The maximum Gasteiger partial charge on any atom is 0.328 e. The SMILES string of the molecule is C=CCc1cn([C@H]2O[C@@H](CO)C(O)C2O)c(=O)[nH]c1=S. The van der Waals surface area contributed by atoms with Crippen LogP contribution in [0.4, 0.5) is 0 Å². The molecule has 110 valence electrons. The highest BCUT2D eigenvalue weighted by molar-refractivity contribution is 7.71. The van der Waals surface area contributed by atoms with Crippen molar-refractivity contribution in [2.75, 3.05) is 6.61 Å². The molecule has 0 bridgehead atoms. The average molecular weight is 300 g/mol. The van der Waals surface area contributed by atoms with Gasteiger partial charge in [0.15, 0.2) is 6.23 Å². The third kappa shape index (κ3) is 2.60. The Kier molecular flexibility index (Phi) is 4.51. The summed E-state index contributed by atoms with van der Waals surface area (Å²) in [4.78, 5) is 14.4. The number of ether oxygens (including phenoxy) is 1. The largest absolute Gasteiger partial charge is 0.394 e. The lowest BCUT2D eigenvalue weighted by molar-refractivity contribution is -0.0550. The van der Waals surface area contributed by atoms with Gasteiger partial charge in [-0.1, -0.05) is 18.3 Å². The fraction of sp³-hybridized carbons (Fsp3) is 0.500. The van der Waals surface area contributed by atoms with Crippen molar-refractivity contribution in [2.24, 2.45) is 0 Å². The summed E-state index contributed by atoms with van der Waals surface area (Å²) in [5, 5.41) is 28.7. The molecule has 2 rings (SSSR count). The molecule has 0 spiro atoms. The van der Waals surface area contributed by atoms with Crippen LogP contribution in [0.2, 0.25) is 0 Å². The van der Waals surface area contributed by atoms with Gasteiger partial charge in [-0.3, -0.25) is 9.55 Å². The van der Waals surface area contributed by atoms with E-state index in [4.69, 9.17) is 22.1 Å². The van der Waals surface area contributed by atoms with Gasteiger partial charge in [0.05, 0.1) is 6.61 Å². The molecule has 1 aliphatic rings. The quantitative estimate of drug-likeness (QED) is 0.430. The summed E-state index contributed by atoms with van der Waals surface area (Å²) in [6.45, 7) is 3.15. The molecule has 0 aliphatic carbocycles. The topological polar surface area (TPSA) is 108 Å². The molecule has 8 heteroatoms. The van der Waals surface area contributed by atoms with Crippen LogP contribution in [0.15, 0.2) is 23.6 Å². The van der Waals surface area contributed by atoms with E-state index in [-0.39, 0.29) is 4.64 Å². The van der Waals surface area contributed by atoms with Crippen LogP contribution in [0, 0.1) is 4.64 Å². The Morgan fingerprint density at radius 2 is 2.20 bits per heavy atom. The van der Waals surface area contributed by atoms with E-state index in [9.17, 15) is 15.0 Å². The number of H-pyrrole nitrogens is 1. The van der Waals surface area contributed by atoms with E-state index in [1.807, 2.05) is 0 Å². The molecule has 1 saturated heterocycles. The van der Waals surface area contributed by atoms with Gasteiger partial charge in [0, 0.05) is 11.8 Å². The minimum atomic E-state index is -1.31. The maximum atomic E-state index is 11.9. The van der Waals surface area contributed by atoms with Crippen molar-refractivity contribution in [3.8, 4) is 0 Å². The molecular formula is C12H16N2O5S. The Hall–Kier alpha value is -1.32. The van der Waals surface area contributed by atoms with Gasteiger partial charge in [0.1, 0.15) is 23.0 Å². The molecule has 2 unspecified atom stereocenters. The van der Waals surface area contributed by atoms with Crippen LogP contribution in [-0.2, 0) is 11.2 Å². The highest BCUT2D eigenvalue weighted by Gasteiger charge is 2.43. The van der Waals surface area contributed by atoms with Gasteiger partial charge in [-0.25, -0.2) is 4.79 Å². The van der Waals surface area contributed by atoms with E-state index in [1.165, 1.54) is 6.20 Å². The summed E-state index contributed by atoms with van der Waals surface area (Å²) in [7, 11) is 0. The molecular weight excluding hydrogens is 284 g/mol. The Balaban J connectivity index is 2.43. The third-order valence-corrected chi connectivity index (χ3v) is 3.56. The summed E-state index contributed by atoms with van der Waals surface area (Å²) in [6.07, 6.45) is -1.05. The van der Waals surface area contributed by atoms with E-state index >= 15 is 0 Å². The average Bonchev–Trinajstić information content (AvgIpc) is 2.70. The number of aliphatic hydroxyl groups is 3. The lowest BCUT2D eigenvalue weighted by Gasteiger charge is -2.18. The van der Waals surface area contributed by atoms with Crippen molar-refractivity contribution in [1.29, 1.82) is 0 Å². The summed E-state index contributed by atoms with van der Waals surface area (Å²) in [6, 6.07) is 0. The van der Waals surface area contributed by atoms with Crippen LogP contribution in [0.1, 0.15) is 11.8 Å². The molecule has 1 aromatic rings. The number of aromatic amines is 1. The molecule has 0 amide bonds. The van der Waals surface area contributed by atoms with Gasteiger partial charge in [-0.2, -0.15) is 0 Å². The lowest BCUT2D eigenvalue weighted by atomic mass is 10.1. The van der Waals surface area contributed by atoms with Gasteiger partial charge in [-0.15, -0.1) is 6.58 Å². The monoisotopic (exact) mass is 300 g/mol. The third-order valence-electron chi connectivity index (χ3n) is 3.20. The smallest absolute Gasteiger partial charge is 0.328 e. The van der Waals surface area contributed by atoms with Crippen LogP contribution < -0.4 is 5.69 Å². The lowest BCUT2D eigenvalue weighted by Crippen LogP contribution is -2.36. The minimum absolute atomic E-state index is 0.290. The zero-order chi connectivity index (χ0) is 14.9. The van der Waals surface area contributed by atoms with E-state index in [1.54, 1.807) is 6.08 Å². The fourth-order valence-corrected chi connectivity index (χ4v) is 2.35. The van der Waals surface area contributed by atoms with Gasteiger partial charge in [0.2, 0.25) is 0 Å². The standard InChI is InChI=1S/C12H16N2O5S/c1-2-3-6-4-14(12(18)13-10(6)20)11-9(17)8(16)7(5-15)19-11/h2,4,7-9,11,15-17H,1,3,5H2,(H,13,18,20)/t7-,8?,9?,11-/m0/s1. The first-order valence-electron chi connectivity index (χ1n) is 6.07. The summed E-state index contributed by atoms with van der Waals surface area (Å²) < 4.78 is 6.72. The van der Waals surface area contributed by atoms with Crippen LogP contribution in [-0.4, -0.2) is 49.8 Å². The van der Waals surface area contributed by atoms with Gasteiger partial charge in [0.25, 0.3) is 0 Å². The minimum Gasteiger partial charge on any atom is -0.394 e. The number of aromatic nitrogens is 2. The Morgan fingerprint density at radius 3 is 2.75 bits per heavy atom. The molecule has 0 saturated carbocycles. The number of hydrogen-bond donors (Lipinski definition) is 4. The highest BCUT2D eigenvalue weighted by Crippen LogP contribution is 2.28. The highest BCUT2D eigenvalue weighted by atomic mass is 32.1.